The van der Waals surface area contributed by atoms with E-state index < -0.39 is 0 Å². The number of aryl methyl sites for hydroxylation is 9. The Labute approximate surface area is 470 Å². The van der Waals surface area contributed by atoms with Gasteiger partial charge >= 0.3 is 0 Å². The molecule has 13 rings (SSSR count). The third-order valence-electron chi connectivity index (χ3n) is 16.4. The summed E-state index contributed by atoms with van der Waals surface area (Å²) in [5.41, 5.74) is 28.5. The zero-order chi connectivity index (χ0) is 53.5. The molecule has 0 unspecified atom stereocenters. The van der Waals surface area contributed by atoms with Crippen molar-refractivity contribution in [2.45, 2.75) is 127 Å². The molecular weight excluding hydrogens is 1050 g/mol. The standard InChI is InChI=1S/C42H44N2.C19H13N.C12H17I/c1-7-9-15-31-21-27(3)41(28(4)22-31)43-37-19-13-11-17-33(37)35-26-40-36(25-39(35)43)34-18-12-14-20-38(34)44(40)42-29(5)23-32(16-10-8-2)24-30(42)6;1-2-6-14-12(5-1)9-13-10-17-15-7-3-4-8-18(15)20-19(17)11-16(13)14;1-4-5-6-11-7-9(2)12(13)10(3)8-11/h11-14,17-26H,7-10,15-16H2,1-6H3;1-8,10-11,20H,9H2;7-8H,4-6H2,1-3H3. The van der Waals surface area contributed by atoms with Gasteiger partial charge in [-0.25, -0.2) is 0 Å². The van der Waals surface area contributed by atoms with Crippen molar-refractivity contribution in [3.05, 3.63) is 222 Å². The van der Waals surface area contributed by atoms with Gasteiger partial charge in [0.05, 0.1) is 33.4 Å². The highest BCUT2D eigenvalue weighted by Crippen LogP contribution is 2.43. The van der Waals surface area contributed by atoms with Crippen LogP contribution in [0.25, 0.3) is 87.9 Å². The first-order chi connectivity index (χ1) is 37.5. The number of H-pyrrole nitrogens is 1. The van der Waals surface area contributed by atoms with Gasteiger partial charge in [0, 0.05) is 46.9 Å². The Hall–Kier alpha value is -6.89. The number of hydrogen-bond acceptors (Lipinski definition) is 0. The van der Waals surface area contributed by atoms with Crippen molar-refractivity contribution in [2.24, 2.45) is 0 Å². The van der Waals surface area contributed by atoms with E-state index >= 15 is 0 Å². The molecular formula is C73H74IN3. The van der Waals surface area contributed by atoms with Crippen LogP contribution in [0.2, 0.25) is 0 Å². The number of nitrogens with one attached hydrogen (secondary N) is 1. The fourth-order valence-electron chi connectivity index (χ4n) is 12.8. The van der Waals surface area contributed by atoms with Crippen LogP contribution in [0.3, 0.4) is 0 Å². The average Bonchev–Trinajstić information content (AvgIpc) is 4.35. The van der Waals surface area contributed by atoms with Gasteiger partial charge in [0.1, 0.15) is 0 Å². The van der Waals surface area contributed by atoms with E-state index in [1.165, 1.54) is 198 Å². The summed E-state index contributed by atoms with van der Waals surface area (Å²) in [6, 6.07) is 59.1. The summed E-state index contributed by atoms with van der Waals surface area (Å²) in [6.45, 7) is 20.3. The predicted octanol–water partition coefficient (Wildman–Crippen LogP) is 20.9. The number of rotatable bonds is 11. The summed E-state index contributed by atoms with van der Waals surface area (Å²) in [4.78, 5) is 3.54. The molecule has 77 heavy (non-hydrogen) atoms. The van der Waals surface area contributed by atoms with Crippen molar-refractivity contribution < 1.29 is 0 Å². The fourth-order valence-corrected chi connectivity index (χ4v) is 13.1. The second-order valence-corrected chi connectivity index (χ2v) is 23.2. The normalized spacial score (nSPS) is 11.9. The summed E-state index contributed by atoms with van der Waals surface area (Å²) >= 11 is 2.42. The minimum absolute atomic E-state index is 1.06. The number of aromatic amines is 1. The zero-order valence-corrected chi connectivity index (χ0v) is 49.0. The lowest BCUT2D eigenvalue weighted by Crippen LogP contribution is -2.02. The fraction of sp³-hybridized carbons (Fsp3) is 0.260. The summed E-state index contributed by atoms with van der Waals surface area (Å²) in [6.07, 6.45) is 12.1. The monoisotopic (exact) mass is 1120 g/mol. The van der Waals surface area contributed by atoms with Crippen LogP contribution in [0.4, 0.5) is 0 Å². The Balaban J connectivity index is 0.000000155. The lowest BCUT2D eigenvalue weighted by Gasteiger charge is -2.17. The van der Waals surface area contributed by atoms with Gasteiger partial charge in [-0.1, -0.05) is 155 Å². The molecule has 0 fully saturated rings. The number of fused-ring (bicyclic) bond motifs is 12. The second kappa shape index (κ2) is 22.2. The van der Waals surface area contributed by atoms with Crippen LogP contribution in [0.15, 0.2) is 158 Å². The van der Waals surface area contributed by atoms with Gasteiger partial charge in [-0.2, -0.15) is 0 Å². The SMILES string of the molecule is CCCCc1cc(C)c(-n2c3ccccc3c3cc4c(cc32)c2ccccc2n4-c2c(C)cc(CCCC)cc2C)c(C)c1.CCCCc1cc(C)c(I)c(C)c1.c1ccc2c(c1)Cc1cc3c(cc1-2)[nH]c1ccccc13. The Kier molecular flexibility index (Phi) is 15.1. The van der Waals surface area contributed by atoms with Crippen molar-refractivity contribution in [1.82, 2.24) is 14.1 Å². The van der Waals surface area contributed by atoms with Crippen molar-refractivity contribution in [1.29, 1.82) is 0 Å². The predicted molar refractivity (Wildman–Crippen MR) is 343 cm³/mol. The van der Waals surface area contributed by atoms with Gasteiger partial charge in [-0.3, -0.25) is 0 Å². The maximum Gasteiger partial charge on any atom is 0.0549 e. The van der Waals surface area contributed by atoms with Crippen LogP contribution in [-0.2, 0) is 25.7 Å². The Morgan fingerprint density at radius 2 is 0.805 bits per heavy atom. The van der Waals surface area contributed by atoms with Crippen LogP contribution in [0.1, 0.15) is 120 Å². The molecule has 0 radical (unpaired) electrons. The lowest BCUT2D eigenvalue weighted by molar-refractivity contribution is 0.793. The van der Waals surface area contributed by atoms with Gasteiger partial charge in [0.15, 0.2) is 0 Å². The summed E-state index contributed by atoms with van der Waals surface area (Å²) in [7, 11) is 0. The molecule has 9 aromatic carbocycles. The van der Waals surface area contributed by atoms with Gasteiger partial charge in [-0.15, -0.1) is 0 Å². The first-order valence-electron chi connectivity index (χ1n) is 28.5. The zero-order valence-electron chi connectivity index (χ0n) is 46.9. The number of aromatic nitrogens is 3. The highest BCUT2D eigenvalue weighted by molar-refractivity contribution is 14.1. The second-order valence-electron chi connectivity index (χ2n) is 22.2. The summed E-state index contributed by atoms with van der Waals surface area (Å²) in [5.74, 6) is 0. The Morgan fingerprint density at radius 1 is 0.377 bits per heavy atom. The quantitative estimate of drug-likeness (QED) is 0.125. The molecule has 0 atom stereocenters. The highest BCUT2D eigenvalue weighted by atomic mass is 127. The van der Waals surface area contributed by atoms with Crippen molar-refractivity contribution in [3.8, 4) is 22.5 Å². The molecule has 3 heterocycles. The van der Waals surface area contributed by atoms with Crippen LogP contribution < -0.4 is 0 Å². The van der Waals surface area contributed by atoms with E-state index in [-0.39, 0.29) is 0 Å². The van der Waals surface area contributed by atoms with E-state index in [1.807, 2.05) is 0 Å². The van der Waals surface area contributed by atoms with E-state index in [4.69, 9.17) is 0 Å². The number of benzene rings is 9. The van der Waals surface area contributed by atoms with E-state index in [2.05, 4.69) is 257 Å². The molecule has 0 amide bonds. The number of hydrogen-bond donors (Lipinski definition) is 1. The minimum atomic E-state index is 1.06. The third-order valence-corrected chi connectivity index (χ3v) is 18.1. The van der Waals surface area contributed by atoms with Gasteiger partial charge in [-0.05, 0) is 224 Å². The highest BCUT2D eigenvalue weighted by Gasteiger charge is 2.23. The Bertz CT molecular complexity index is 3950. The first kappa shape index (κ1) is 52.2. The molecule has 0 saturated heterocycles. The number of nitrogens with zero attached hydrogens (tertiary/aromatic N) is 2. The van der Waals surface area contributed by atoms with Crippen molar-refractivity contribution in [3.63, 3.8) is 0 Å². The first-order valence-corrected chi connectivity index (χ1v) is 29.6. The van der Waals surface area contributed by atoms with Gasteiger partial charge in [0.25, 0.3) is 0 Å². The Morgan fingerprint density at radius 3 is 1.30 bits per heavy atom. The molecule has 3 aromatic heterocycles. The molecule has 0 saturated carbocycles. The summed E-state index contributed by atoms with van der Waals surface area (Å²) in [5, 5.41) is 7.88. The molecule has 4 heteroatoms. The van der Waals surface area contributed by atoms with Crippen molar-refractivity contribution >= 4 is 88.0 Å². The van der Waals surface area contributed by atoms with E-state index in [9.17, 15) is 0 Å². The van der Waals surface area contributed by atoms with Gasteiger partial charge in [0.2, 0.25) is 0 Å². The van der Waals surface area contributed by atoms with Crippen LogP contribution in [-0.4, -0.2) is 14.1 Å². The van der Waals surface area contributed by atoms with Crippen LogP contribution in [0, 0.1) is 45.1 Å². The van der Waals surface area contributed by atoms with E-state index in [0.29, 0.717) is 0 Å². The molecule has 1 aliphatic rings. The minimum Gasteiger partial charge on any atom is -0.354 e. The molecule has 0 spiro atoms. The summed E-state index contributed by atoms with van der Waals surface area (Å²) < 4.78 is 6.48. The molecule has 3 nitrogen and oxygen atoms in total. The number of unbranched alkanes of at least 4 members (excludes halogenated alkanes) is 3. The van der Waals surface area contributed by atoms with E-state index in [1.54, 1.807) is 0 Å². The topological polar surface area (TPSA) is 25.6 Å². The molecule has 1 N–H and O–H groups in total. The van der Waals surface area contributed by atoms with Gasteiger partial charge < -0.3 is 14.1 Å². The molecule has 0 bridgehead atoms. The number of para-hydroxylation sites is 3. The smallest absolute Gasteiger partial charge is 0.0549 e. The van der Waals surface area contributed by atoms with Crippen molar-refractivity contribution in [2.75, 3.05) is 0 Å². The molecule has 388 valence electrons. The van der Waals surface area contributed by atoms with Crippen LogP contribution >= 0.6 is 22.6 Å². The van der Waals surface area contributed by atoms with E-state index in [0.717, 1.165) is 19.3 Å². The maximum atomic E-state index is 3.54. The largest absolute Gasteiger partial charge is 0.354 e. The molecule has 1 aliphatic carbocycles. The number of halogens is 1. The molecule has 0 aliphatic heterocycles. The average molecular weight is 1120 g/mol. The lowest BCUT2D eigenvalue weighted by atomic mass is 10.00. The maximum absolute atomic E-state index is 3.54. The van der Waals surface area contributed by atoms with Crippen LogP contribution in [0.5, 0.6) is 0 Å². The third kappa shape index (κ3) is 9.92. The molecule has 12 aromatic rings.